The summed E-state index contributed by atoms with van der Waals surface area (Å²) < 4.78 is 0. The molecule has 0 aliphatic heterocycles. The summed E-state index contributed by atoms with van der Waals surface area (Å²) in [7, 11) is 0. The first-order valence-electron chi connectivity index (χ1n) is 5.95. The first-order chi connectivity index (χ1) is 8.74. The summed E-state index contributed by atoms with van der Waals surface area (Å²) in [6.45, 7) is 3.67. The van der Waals surface area contributed by atoms with Crippen LogP contribution in [0.2, 0.25) is 0 Å². The molecule has 2 aromatic carbocycles. The van der Waals surface area contributed by atoms with Crippen LogP contribution in [0.25, 0.3) is 21.4 Å². The highest BCUT2D eigenvalue weighted by Crippen LogP contribution is 2.45. The van der Waals surface area contributed by atoms with Gasteiger partial charge < -0.3 is 5.11 Å². The second-order valence-corrected chi connectivity index (χ2v) is 4.86. The minimum Gasteiger partial charge on any atom is -0.388 e. The average molecular weight is 257 g/mol. The summed E-state index contributed by atoms with van der Waals surface area (Å²) in [5, 5.41) is 13.2. The molecule has 1 atom stereocenters. The molecular formula is C16H13ClO. The van der Waals surface area contributed by atoms with Gasteiger partial charge in [0.25, 0.3) is 0 Å². The van der Waals surface area contributed by atoms with Crippen molar-refractivity contribution >= 4 is 33.0 Å². The van der Waals surface area contributed by atoms with Gasteiger partial charge in [-0.2, -0.15) is 0 Å². The topological polar surface area (TPSA) is 20.2 Å². The Kier molecular flexibility index (Phi) is 2.73. The third-order valence-corrected chi connectivity index (χ3v) is 3.80. The monoisotopic (exact) mass is 256 g/mol. The van der Waals surface area contributed by atoms with Crippen LogP contribution >= 0.6 is 11.6 Å². The summed E-state index contributed by atoms with van der Waals surface area (Å²) >= 11 is 6.43. The van der Waals surface area contributed by atoms with Crippen molar-refractivity contribution in [2.75, 3.05) is 0 Å². The van der Waals surface area contributed by atoms with Crippen molar-refractivity contribution in [3.63, 3.8) is 0 Å². The molecule has 1 aliphatic carbocycles. The zero-order valence-corrected chi connectivity index (χ0v) is 10.6. The average Bonchev–Trinajstić information content (AvgIpc) is 2.66. The van der Waals surface area contributed by atoms with Gasteiger partial charge >= 0.3 is 0 Å². The van der Waals surface area contributed by atoms with Gasteiger partial charge in [-0.25, -0.2) is 0 Å². The predicted octanol–water partition coefficient (Wildman–Crippen LogP) is 4.20. The quantitative estimate of drug-likeness (QED) is 0.816. The lowest BCUT2D eigenvalue weighted by Gasteiger charge is -2.12. The number of rotatable bonds is 3. The number of aliphatic hydroxyl groups excluding tert-OH is 1. The van der Waals surface area contributed by atoms with Crippen LogP contribution in [-0.2, 0) is 0 Å². The molecule has 0 bridgehead atoms. The van der Waals surface area contributed by atoms with Crippen molar-refractivity contribution < 1.29 is 5.11 Å². The molecule has 3 rings (SSSR count). The first kappa shape index (κ1) is 11.5. The fraction of sp³-hybridized carbons (Fsp3) is 0.125. The molecule has 18 heavy (non-hydrogen) atoms. The van der Waals surface area contributed by atoms with E-state index in [1.807, 2.05) is 24.3 Å². The van der Waals surface area contributed by atoms with Crippen LogP contribution < -0.4 is 0 Å². The zero-order chi connectivity index (χ0) is 12.7. The minimum absolute atomic E-state index is 0.510. The Labute approximate surface area is 111 Å². The van der Waals surface area contributed by atoms with Gasteiger partial charge in [-0.05, 0) is 22.8 Å². The first-order valence-corrected chi connectivity index (χ1v) is 6.33. The molecule has 1 nitrogen and oxygen atoms in total. The summed E-state index contributed by atoms with van der Waals surface area (Å²) in [5.74, 6) is 0. The van der Waals surface area contributed by atoms with E-state index >= 15 is 0 Å². The molecule has 0 saturated carbocycles. The molecule has 0 fully saturated rings. The molecule has 0 radical (unpaired) electrons. The van der Waals surface area contributed by atoms with Gasteiger partial charge in [0.2, 0.25) is 0 Å². The Balaban J connectivity index is 2.28. The Hall–Kier alpha value is -1.57. The highest BCUT2D eigenvalue weighted by molar-refractivity contribution is 6.55. The van der Waals surface area contributed by atoms with Crippen LogP contribution in [0.1, 0.15) is 17.5 Å². The van der Waals surface area contributed by atoms with Crippen molar-refractivity contribution in [2.24, 2.45) is 0 Å². The fourth-order valence-electron chi connectivity index (χ4n) is 2.61. The number of halogens is 1. The van der Waals surface area contributed by atoms with Gasteiger partial charge in [0.05, 0.1) is 11.1 Å². The highest BCUT2D eigenvalue weighted by Gasteiger charge is 2.26. The molecule has 1 unspecified atom stereocenters. The van der Waals surface area contributed by atoms with E-state index in [1.54, 1.807) is 6.08 Å². The van der Waals surface area contributed by atoms with Gasteiger partial charge in [0, 0.05) is 11.1 Å². The van der Waals surface area contributed by atoms with Crippen molar-refractivity contribution in [2.45, 2.75) is 12.5 Å². The van der Waals surface area contributed by atoms with Gasteiger partial charge in [-0.3, -0.25) is 0 Å². The lowest BCUT2D eigenvalue weighted by atomic mass is 9.98. The largest absolute Gasteiger partial charge is 0.388 e. The highest BCUT2D eigenvalue weighted by atomic mass is 35.5. The van der Waals surface area contributed by atoms with Crippen LogP contribution in [-0.4, -0.2) is 11.2 Å². The second kappa shape index (κ2) is 4.27. The molecule has 90 valence electrons. The van der Waals surface area contributed by atoms with E-state index in [2.05, 4.69) is 18.7 Å². The molecule has 2 aromatic rings. The minimum atomic E-state index is -0.590. The number of hydrogen-bond acceptors (Lipinski definition) is 1. The number of hydrogen-bond donors (Lipinski definition) is 1. The van der Waals surface area contributed by atoms with E-state index in [9.17, 15) is 5.11 Å². The van der Waals surface area contributed by atoms with Crippen LogP contribution in [0.3, 0.4) is 0 Å². The number of aliphatic hydroxyl groups is 1. The predicted molar refractivity (Wildman–Crippen MR) is 77.4 cm³/mol. The third kappa shape index (κ3) is 1.52. The molecule has 0 aromatic heterocycles. The summed E-state index contributed by atoms with van der Waals surface area (Å²) in [5.41, 5.74) is 2.88. The molecule has 0 amide bonds. The Bertz CT molecular complexity index is 665. The summed E-state index contributed by atoms with van der Waals surface area (Å²) in [4.78, 5) is 0. The van der Waals surface area contributed by atoms with Crippen molar-refractivity contribution in [1.29, 1.82) is 0 Å². The second-order valence-electron chi connectivity index (χ2n) is 4.48. The van der Waals surface area contributed by atoms with Crippen LogP contribution in [0.4, 0.5) is 0 Å². The van der Waals surface area contributed by atoms with Gasteiger partial charge in [-0.1, -0.05) is 54.1 Å². The van der Waals surface area contributed by atoms with Crippen LogP contribution in [0.5, 0.6) is 0 Å². The molecule has 0 saturated heterocycles. The molecule has 2 heteroatoms. The molecule has 0 spiro atoms. The zero-order valence-electron chi connectivity index (χ0n) is 9.86. The summed E-state index contributed by atoms with van der Waals surface area (Å²) in [6, 6.07) is 12.1. The van der Waals surface area contributed by atoms with Crippen molar-refractivity contribution in [3.05, 3.63) is 60.2 Å². The molecule has 1 N–H and O–H groups in total. The van der Waals surface area contributed by atoms with E-state index in [-0.39, 0.29) is 0 Å². The normalized spacial score (nSPS) is 15.2. The number of benzene rings is 2. The van der Waals surface area contributed by atoms with Crippen LogP contribution in [0, 0.1) is 0 Å². The van der Waals surface area contributed by atoms with Crippen LogP contribution in [0.15, 0.2) is 49.1 Å². The Morgan fingerprint density at radius 1 is 1.17 bits per heavy atom. The van der Waals surface area contributed by atoms with E-state index < -0.39 is 6.10 Å². The standard InChI is InChI=1S/C16H13ClO/c1-2-5-13(18)15-11-8-3-6-10-7-4-9-12(14(10)11)16(15)17/h2-4,6-9,13,18H,1,5H2. The maximum Gasteiger partial charge on any atom is 0.0845 e. The van der Waals surface area contributed by atoms with E-state index in [0.717, 1.165) is 27.5 Å². The van der Waals surface area contributed by atoms with Crippen molar-refractivity contribution in [3.8, 4) is 0 Å². The van der Waals surface area contributed by atoms with E-state index in [4.69, 9.17) is 11.6 Å². The van der Waals surface area contributed by atoms with Gasteiger partial charge in [0.15, 0.2) is 0 Å². The van der Waals surface area contributed by atoms with E-state index in [0.29, 0.717) is 11.5 Å². The van der Waals surface area contributed by atoms with Crippen molar-refractivity contribution in [1.82, 2.24) is 0 Å². The summed E-state index contributed by atoms with van der Waals surface area (Å²) in [6.07, 6.45) is 1.63. The molecule has 0 heterocycles. The molecule has 1 aliphatic rings. The third-order valence-electron chi connectivity index (χ3n) is 3.39. The lowest BCUT2D eigenvalue weighted by molar-refractivity contribution is 0.237. The smallest absolute Gasteiger partial charge is 0.0845 e. The fourth-order valence-corrected chi connectivity index (χ4v) is 3.00. The lowest BCUT2D eigenvalue weighted by Crippen LogP contribution is -2.07. The van der Waals surface area contributed by atoms with Gasteiger partial charge in [0.1, 0.15) is 0 Å². The van der Waals surface area contributed by atoms with Gasteiger partial charge in [-0.15, -0.1) is 6.58 Å². The maximum atomic E-state index is 10.2. The van der Waals surface area contributed by atoms with E-state index in [1.165, 1.54) is 0 Å². The molecular weight excluding hydrogens is 244 g/mol. The maximum absolute atomic E-state index is 10.2. The Morgan fingerprint density at radius 2 is 1.83 bits per heavy atom. The SMILES string of the molecule is C=CCC(O)C1=C(Cl)c2cccc3cccc1c23. The Morgan fingerprint density at radius 3 is 2.50 bits per heavy atom.